The lowest BCUT2D eigenvalue weighted by Gasteiger charge is -2.24. The van der Waals surface area contributed by atoms with E-state index in [1.54, 1.807) is 20.8 Å². The Hall–Kier alpha value is -0.160. The molecule has 0 aliphatic carbocycles. The van der Waals surface area contributed by atoms with E-state index in [1.165, 1.54) is 0 Å². The predicted molar refractivity (Wildman–Crippen MR) is 46.8 cm³/mol. The van der Waals surface area contributed by atoms with Crippen LogP contribution < -0.4 is 5.73 Å². The first-order valence-corrected chi connectivity index (χ1v) is 4.20. The summed E-state index contributed by atoms with van der Waals surface area (Å²) in [5.74, 6) is 0. The molecule has 0 aliphatic heterocycles. The summed E-state index contributed by atoms with van der Waals surface area (Å²) in [4.78, 5) is 0. The Morgan fingerprint density at radius 1 is 1.17 bits per heavy atom. The smallest absolute Gasteiger partial charge is 0.0921 e. The summed E-state index contributed by atoms with van der Waals surface area (Å²) in [7, 11) is 0. The zero-order chi connectivity index (χ0) is 9.72. The maximum Gasteiger partial charge on any atom is 0.0921 e. The minimum atomic E-state index is -0.661. The summed E-state index contributed by atoms with van der Waals surface area (Å²) in [5, 5.41) is 18.3. The van der Waals surface area contributed by atoms with Crippen LogP contribution in [0.25, 0.3) is 0 Å². The van der Waals surface area contributed by atoms with Crippen molar-refractivity contribution in [1.29, 1.82) is 0 Å². The molecule has 12 heavy (non-hydrogen) atoms. The van der Waals surface area contributed by atoms with Crippen molar-refractivity contribution in [1.82, 2.24) is 0 Å². The number of hydrogen-bond acceptors (Lipinski definition) is 4. The van der Waals surface area contributed by atoms with E-state index >= 15 is 0 Å². The first-order chi connectivity index (χ1) is 5.49. The van der Waals surface area contributed by atoms with Crippen molar-refractivity contribution in [2.24, 2.45) is 5.73 Å². The van der Waals surface area contributed by atoms with Gasteiger partial charge in [-0.2, -0.15) is 0 Å². The molecule has 0 saturated heterocycles. The molecule has 0 spiro atoms. The van der Waals surface area contributed by atoms with Crippen LogP contribution >= 0.6 is 0 Å². The van der Waals surface area contributed by atoms with Crippen LogP contribution in [-0.4, -0.2) is 41.2 Å². The third-order valence-electron chi connectivity index (χ3n) is 1.89. The van der Waals surface area contributed by atoms with Gasteiger partial charge in [-0.15, -0.1) is 0 Å². The summed E-state index contributed by atoms with van der Waals surface area (Å²) in [6.07, 6.45) is -1.80. The van der Waals surface area contributed by atoms with E-state index < -0.39 is 12.2 Å². The Bertz CT molecular complexity index is 119. The fourth-order valence-electron chi connectivity index (χ4n) is 0.735. The van der Waals surface area contributed by atoms with Gasteiger partial charge in [0.25, 0.3) is 0 Å². The van der Waals surface area contributed by atoms with Crippen molar-refractivity contribution in [3.8, 4) is 0 Å². The molecule has 4 N–H and O–H groups in total. The maximum absolute atomic E-state index is 9.23. The molecular weight excluding hydrogens is 158 g/mol. The molecule has 0 bridgehead atoms. The molecule has 1 unspecified atom stereocenters. The molecule has 4 nitrogen and oxygen atoms in total. The Kier molecular flexibility index (Phi) is 5.41. The lowest BCUT2D eigenvalue weighted by Crippen LogP contribution is -2.37. The van der Waals surface area contributed by atoms with Gasteiger partial charge in [-0.1, -0.05) is 0 Å². The summed E-state index contributed by atoms with van der Waals surface area (Å²) >= 11 is 0. The largest absolute Gasteiger partial charge is 0.391 e. The first-order valence-electron chi connectivity index (χ1n) is 4.20. The molecule has 0 aliphatic rings. The highest BCUT2D eigenvalue weighted by molar-refractivity contribution is 4.68. The second-order valence-corrected chi connectivity index (χ2v) is 3.09. The second kappa shape index (κ2) is 5.48. The predicted octanol–water partition coefficient (Wildman–Crippen LogP) is -0.520. The van der Waals surface area contributed by atoms with E-state index in [-0.39, 0.29) is 18.8 Å². The minimum absolute atomic E-state index is 0.174. The van der Waals surface area contributed by atoms with Crippen LogP contribution in [0.5, 0.6) is 0 Å². The zero-order valence-corrected chi connectivity index (χ0v) is 7.90. The SMILES string of the molecule is CC(O[C@@H](C)[C@H](C)O)[C@@H](O)CN. The van der Waals surface area contributed by atoms with Crippen molar-refractivity contribution < 1.29 is 14.9 Å². The fraction of sp³-hybridized carbons (Fsp3) is 1.00. The van der Waals surface area contributed by atoms with Gasteiger partial charge in [0.15, 0.2) is 0 Å². The molecule has 0 aromatic carbocycles. The summed E-state index contributed by atoms with van der Waals surface area (Å²) in [6, 6.07) is 0. The summed E-state index contributed by atoms with van der Waals surface area (Å²) < 4.78 is 5.28. The Morgan fingerprint density at radius 2 is 1.67 bits per heavy atom. The van der Waals surface area contributed by atoms with Crippen molar-refractivity contribution in [3.63, 3.8) is 0 Å². The van der Waals surface area contributed by atoms with Gasteiger partial charge >= 0.3 is 0 Å². The molecule has 0 rings (SSSR count). The van der Waals surface area contributed by atoms with Gasteiger partial charge in [0.2, 0.25) is 0 Å². The Balaban J connectivity index is 3.75. The van der Waals surface area contributed by atoms with E-state index in [0.717, 1.165) is 0 Å². The van der Waals surface area contributed by atoms with Crippen LogP contribution in [-0.2, 0) is 4.74 Å². The fourth-order valence-corrected chi connectivity index (χ4v) is 0.735. The van der Waals surface area contributed by atoms with E-state index in [2.05, 4.69) is 0 Å². The zero-order valence-electron chi connectivity index (χ0n) is 7.90. The minimum Gasteiger partial charge on any atom is -0.391 e. The maximum atomic E-state index is 9.23. The van der Waals surface area contributed by atoms with Crippen molar-refractivity contribution in [2.75, 3.05) is 6.54 Å². The Morgan fingerprint density at radius 3 is 2.00 bits per heavy atom. The number of rotatable bonds is 5. The van der Waals surface area contributed by atoms with Gasteiger partial charge in [-0.25, -0.2) is 0 Å². The van der Waals surface area contributed by atoms with Crippen molar-refractivity contribution >= 4 is 0 Å². The molecule has 0 fully saturated rings. The second-order valence-electron chi connectivity index (χ2n) is 3.09. The average molecular weight is 177 g/mol. The molecule has 0 aromatic rings. The van der Waals surface area contributed by atoms with E-state index in [0.29, 0.717) is 0 Å². The normalized spacial score (nSPS) is 21.5. The molecule has 0 aromatic heterocycles. The number of aliphatic hydroxyl groups excluding tert-OH is 2. The molecule has 0 amide bonds. The molecule has 0 radical (unpaired) electrons. The van der Waals surface area contributed by atoms with Crippen molar-refractivity contribution in [3.05, 3.63) is 0 Å². The number of nitrogens with two attached hydrogens (primary N) is 1. The monoisotopic (exact) mass is 177 g/mol. The van der Waals surface area contributed by atoms with Crippen LogP contribution in [0.15, 0.2) is 0 Å². The molecule has 4 heteroatoms. The van der Waals surface area contributed by atoms with E-state index in [4.69, 9.17) is 15.6 Å². The molecule has 4 atom stereocenters. The van der Waals surface area contributed by atoms with Crippen LogP contribution in [0.1, 0.15) is 20.8 Å². The highest BCUT2D eigenvalue weighted by Crippen LogP contribution is 2.05. The third-order valence-corrected chi connectivity index (χ3v) is 1.89. The lowest BCUT2D eigenvalue weighted by atomic mass is 10.2. The highest BCUT2D eigenvalue weighted by Gasteiger charge is 2.18. The van der Waals surface area contributed by atoms with Gasteiger partial charge in [0, 0.05) is 6.54 Å². The van der Waals surface area contributed by atoms with Gasteiger partial charge in [0.1, 0.15) is 0 Å². The van der Waals surface area contributed by atoms with Gasteiger partial charge in [-0.05, 0) is 20.8 Å². The first kappa shape index (κ1) is 11.8. The summed E-state index contributed by atoms with van der Waals surface area (Å²) in [6.45, 7) is 5.31. The quantitative estimate of drug-likeness (QED) is 0.528. The topological polar surface area (TPSA) is 75.7 Å². The molecular formula is C8H19NO3. The summed E-state index contributed by atoms with van der Waals surface area (Å²) in [5.41, 5.74) is 5.23. The van der Waals surface area contributed by atoms with Crippen LogP contribution in [0, 0.1) is 0 Å². The number of hydrogen-bond donors (Lipinski definition) is 3. The van der Waals surface area contributed by atoms with E-state index in [9.17, 15) is 5.11 Å². The van der Waals surface area contributed by atoms with Crippen LogP contribution in [0.4, 0.5) is 0 Å². The van der Waals surface area contributed by atoms with Crippen LogP contribution in [0.2, 0.25) is 0 Å². The number of ether oxygens (including phenoxy) is 1. The molecule has 0 saturated carbocycles. The molecule has 74 valence electrons. The van der Waals surface area contributed by atoms with Gasteiger partial charge in [-0.3, -0.25) is 0 Å². The highest BCUT2D eigenvalue weighted by atomic mass is 16.5. The van der Waals surface area contributed by atoms with E-state index in [1.807, 2.05) is 0 Å². The van der Waals surface area contributed by atoms with Gasteiger partial charge in [0.05, 0.1) is 24.4 Å². The molecule has 0 heterocycles. The standard InChI is InChI=1S/C8H19NO3/c1-5(10)6(2)12-7(3)8(11)4-9/h5-8,10-11H,4,9H2,1-3H3/t5-,6-,7?,8-/m0/s1. The average Bonchev–Trinajstić information content (AvgIpc) is 2.02. The van der Waals surface area contributed by atoms with Crippen molar-refractivity contribution in [2.45, 2.75) is 45.2 Å². The third kappa shape index (κ3) is 4.01. The lowest BCUT2D eigenvalue weighted by molar-refractivity contribution is -0.0943. The number of aliphatic hydroxyl groups is 2. The van der Waals surface area contributed by atoms with Gasteiger partial charge < -0.3 is 20.7 Å². The Labute approximate surface area is 73.3 Å². The van der Waals surface area contributed by atoms with Crippen LogP contribution in [0.3, 0.4) is 0 Å².